The maximum Gasteiger partial charge on any atom is 0.243 e. The number of rotatable bonds is 4. The van der Waals surface area contributed by atoms with Crippen LogP contribution >= 0.6 is 0 Å². The van der Waals surface area contributed by atoms with Gasteiger partial charge in [0.15, 0.2) is 0 Å². The number of hydrazone groups is 1. The molecule has 5 heteroatoms. The highest BCUT2D eigenvalue weighted by Gasteiger charge is 2.43. The molecule has 3 rings (SSSR count). The van der Waals surface area contributed by atoms with Crippen LogP contribution in [0.15, 0.2) is 47.6 Å². The molecule has 0 heterocycles. The van der Waals surface area contributed by atoms with E-state index in [1.165, 1.54) is 35.5 Å². The van der Waals surface area contributed by atoms with E-state index in [-0.39, 0.29) is 34.7 Å². The van der Waals surface area contributed by atoms with Crippen LogP contribution in [0.25, 0.3) is 0 Å². The van der Waals surface area contributed by atoms with Crippen molar-refractivity contribution >= 4 is 12.1 Å². The minimum atomic E-state index is -0.121. The number of hydrogen-bond acceptors (Lipinski definition) is 4. The lowest BCUT2D eigenvalue weighted by Gasteiger charge is -2.19. The van der Waals surface area contributed by atoms with E-state index in [1.54, 1.807) is 0 Å². The first kappa shape index (κ1) is 18.0. The van der Waals surface area contributed by atoms with Gasteiger partial charge in [-0.05, 0) is 41.0 Å². The number of nitrogens with one attached hydrogen (secondary N) is 1. The summed E-state index contributed by atoms with van der Waals surface area (Å²) in [7, 11) is 0. The van der Waals surface area contributed by atoms with Gasteiger partial charge < -0.3 is 10.2 Å². The molecular formula is C21H24N2O3. The molecule has 0 bridgehead atoms. The summed E-state index contributed by atoms with van der Waals surface area (Å²) in [5.74, 6) is -0.0695. The van der Waals surface area contributed by atoms with E-state index in [0.29, 0.717) is 5.56 Å². The lowest BCUT2D eigenvalue weighted by atomic mass is 9.86. The SMILES string of the molecule is CC(C)(C)c1ccc(C2CC2C(=O)N/N=C/c2ccc(O)cc2O)cc1. The largest absolute Gasteiger partial charge is 0.508 e. The minimum Gasteiger partial charge on any atom is -0.508 e. The van der Waals surface area contributed by atoms with Crippen molar-refractivity contribution in [3.8, 4) is 11.5 Å². The topological polar surface area (TPSA) is 81.9 Å². The van der Waals surface area contributed by atoms with E-state index in [2.05, 4.69) is 55.6 Å². The van der Waals surface area contributed by atoms with Crippen LogP contribution in [-0.4, -0.2) is 22.3 Å². The number of carbonyl (C=O) groups is 1. The number of aromatic hydroxyl groups is 2. The summed E-state index contributed by atoms with van der Waals surface area (Å²) in [5, 5.41) is 22.8. The molecule has 26 heavy (non-hydrogen) atoms. The number of benzene rings is 2. The number of carbonyl (C=O) groups excluding carboxylic acids is 1. The van der Waals surface area contributed by atoms with Crippen LogP contribution in [0.2, 0.25) is 0 Å². The summed E-state index contributed by atoms with van der Waals surface area (Å²) in [4.78, 5) is 12.2. The minimum absolute atomic E-state index is 0.0259. The first-order valence-electron chi connectivity index (χ1n) is 8.71. The molecule has 1 aliphatic carbocycles. The van der Waals surface area contributed by atoms with E-state index in [0.717, 1.165) is 6.42 Å². The maximum absolute atomic E-state index is 12.2. The Hall–Kier alpha value is -2.82. The molecule has 2 aromatic rings. The molecule has 3 N–H and O–H groups in total. The Morgan fingerprint density at radius 1 is 1.15 bits per heavy atom. The lowest BCUT2D eigenvalue weighted by molar-refractivity contribution is -0.122. The predicted octanol–water partition coefficient (Wildman–Crippen LogP) is 3.65. The molecule has 5 nitrogen and oxygen atoms in total. The third kappa shape index (κ3) is 4.04. The normalized spacial score (nSPS) is 19.5. The average molecular weight is 352 g/mol. The summed E-state index contributed by atoms with van der Waals surface area (Å²) in [6, 6.07) is 12.7. The second-order valence-electron chi connectivity index (χ2n) is 7.80. The first-order valence-corrected chi connectivity index (χ1v) is 8.71. The second-order valence-corrected chi connectivity index (χ2v) is 7.80. The highest BCUT2D eigenvalue weighted by molar-refractivity contribution is 5.87. The molecule has 0 saturated heterocycles. The summed E-state index contributed by atoms with van der Waals surface area (Å²) >= 11 is 0. The Balaban J connectivity index is 1.56. The zero-order valence-corrected chi connectivity index (χ0v) is 15.2. The van der Waals surface area contributed by atoms with Crippen LogP contribution in [0, 0.1) is 5.92 Å². The van der Waals surface area contributed by atoms with Gasteiger partial charge in [-0.1, -0.05) is 45.0 Å². The van der Waals surface area contributed by atoms with E-state index < -0.39 is 0 Å². The molecule has 0 spiro atoms. The standard InChI is InChI=1S/C21H24N2O3/c1-21(2,3)15-7-4-13(5-8-15)17-11-18(17)20(26)23-22-12-14-6-9-16(24)10-19(14)25/h4-10,12,17-18,24-25H,11H2,1-3H3,(H,23,26)/b22-12+. The van der Waals surface area contributed by atoms with Crippen molar-refractivity contribution < 1.29 is 15.0 Å². The lowest BCUT2D eigenvalue weighted by Crippen LogP contribution is -2.20. The van der Waals surface area contributed by atoms with E-state index >= 15 is 0 Å². The summed E-state index contributed by atoms with van der Waals surface area (Å²) in [5.41, 5.74) is 5.53. The van der Waals surface area contributed by atoms with Crippen molar-refractivity contribution in [1.29, 1.82) is 0 Å². The Bertz CT molecular complexity index is 835. The molecule has 0 aliphatic heterocycles. The monoisotopic (exact) mass is 352 g/mol. The number of nitrogens with zero attached hydrogens (tertiary/aromatic N) is 1. The van der Waals surface area contributed by atoms with Crippen molar-refractivity contribution in [1.82, 2.24) is 5.43 Å². The van der Waals surface area contributed by atoms with Gasteiger partial charge in [-0.3, -0.25) is 4.79 Å². The number of hydrogen-bond donors (Lipinski definition) is 3. The zero-order chi connectivity index (χ0) is 18.9. The van der Waals surface area contributed by atoms with Crippen LogP contribution in [0.5, 0.6) is 11.5 Å². The summed E-state index contributed by atoms with van der Waals surface area (Å²) in [6.45, 7) is 6.54. The summed E-state index contributed by atoms with van der Waals surface area (Å²) in [6.07, 6.45) is 2.18. The molecule has 1 amide bonds. The number of amides is 1. The van der Waals surface area contributed by atoms with Crippen LogP contribution in [-0.2, 0) is 10.2 Å². The molecule has 2 aromatic carbocycles. The fourth-order valence-corrected chi connectivity index (χ4v) is 2.97. The Morgan fingerprint density at radius 2 is 1.85 bits per heavy atom. The van der Waals surface area contributed by atoms with Crippen LogP contribution < -0.4 is 5.43 Å². The molecule has 1 aliphatic rings. The maximum atomic E-state index is 12.2. The molecule has 2 atom stereocenters. The summed E-state index contributed by atoms with van der Waals surface area (Å²) < 4.78 is 0. The van der Waals surface area contributed by atoms with Crippen molar-refractivity contribution in [3.05, 3.63) is 59.2 Å². The van der Waals surface area contributed by atoms with Gasteiger partial charge in [-0.25, -0.2) is 5.43 Å². The van der Waals surface area contributed by atoms with Crippen molar-refractivity contribution in [2.45, 2.75) is 38.5 Å². The van der Waals surface area contributed by atoms with Gasteiger partial charge in [0, 0.05) is 17.5 Å². The van der Waals surface area contributed by atoms with Crippen LogP contribution in [0.3, 0.4) is 0 Å². The smallest absolute Gasteiger partial charge is 0.243 e. The van der Waals surface area contributed by atoms with E-state index in [4.69, 9.17) is 0 Å². The highest BCUT2D eigenvalue weighted by atomic mass is 16.3. The fourth-order valence-electron chi connectivity index (χ4n) is 2.97. The molecule has 2 unspecified atom stereocenters. The van der Waals surface area contributed by atoms with Gasteiger partial charge in [0.25, 0.3) is 0 Å². The Kier molecular flexibility index (Phi) is 4.72. The van der Waals surface area contributed by atoms with Crippen LogP contribution in [0.1, 0.15) is 49.8 Å². The Labute approximate surface area is 153 Å². The Morgan fingerprint density at radius 3 is 2.46 bits per heavy atom. The molecule has 1 saturated carbocycles. The number of phenols is 2. The number of phenolic OH excluding ortho intramolecular Hbond substituents is 2. The van der Waals surface area contributed by atoms with Gasteiger partial charge in [-0.15, -0.1) is 0 Å². The van der Waals surface area contributed by atoms with Crippen LogP contribution in [0.4, 0.5) is 0 Å². The van der Waals surface area contributed by atoms with E-state index in [9.17, 15) is 15.0 Å². The van der Waals surface area contributed by atoms with Gasteiger partial charge >= 0.3 is 0 Å². The van der Waals surface area contributed by atoms with Gasteiger partial charge in [0.2, 0.25) is 5.91 Å². The highest BCUT2D eigenvalue weighted by Crippen LogP contribution is 2.47. The molecule has 136 valence electrons. The average Bonchev–Trinajstić information content (AvgIpc) is 3.37. The fraction of sp³-hybridized carbons (Fsp3) is 0.333. The van der Waals surface area contributed by atoms with E-state index in [1.807, 2.05) is 0 Å². The van der Waals surface area contributed by atoms with Crippen molar-refractivity contribution in [3.63, 3.8) is 0 Å². The molecular weight excluding hydrogens is 328 g/mol. The third-order valence-electron chi connectivity index (χ3n) is 4.72. The predicted molar refractivity (Wildman–Crippen MR) is 101 cm³/mol. The van der Waals surface area contributed by atoms with Gasteiger partial charge in [0.1, 0.15) is 11.5 Å². The molecule has 0 radical (unpaired) electrons. The molecule has 1 fully saturated rings. The van der Waals surface area contributed by atoms with Crippen molar-refractivity contribution in [2.24, 2.45) is 11.0 Å². The first-order chi connectivity index (χ1) is 12.3. The zero-order valence-electron chi connectivity index (χ0n) is 15.2. The van der Waals surface area contributed by atoms with Crippen molar-refractivity contribution in [2.75, 3.05) is 0 Å². The second kappa shape index (κ2) is 6.83. The van der Waals surface area contributed by atoms with Gasteiger partial charge in [0.05, 0.1) is 6.21 Å². The molecule has 0 aromatic heterocycles. The third-order valence-corrected chi connectivity index (χ3v) is 4.72. The quantitative estimate of drug-likeness (QED) is 0.580. The van der Waals surface area contributed by atoms with Gasteiger partial charge in [-0.2, -0.15) is 5.10 Å².